The van der Waals surface area contributed by atoms with Crippen LogP contribution in [0.25, 0.3) is 10.6 Å². The number of nitrogens with zero attached hydrogens (tertiary/aromatic N) is 1. The van der Waals surface area contributed by atoms with E-state index < -0.39 is 0 Å². The number of thiazole rings is 1. The van der Waals surface area contributed by atoms with Crippen LogP contribution in [0.15, 0.2) is 22.7 Å². The minimum atomic E-state index is -0.241. The highest BCUT2D eigenvalue weighted by Gasteiger charge is 2.34. The first kappa shape index (κ1) is 15.1. The summed E-state index contributed by atoms with van der Waals surface area (Å²) in [6.07, 6.45) is 2.12. The first-order valence-corrected chi connectivity index (χ1v) is 8.63. The Hall–Kier alpha value is -0.780. The van der Waals surface area contributed by atoms with Gasteiger partial charge >= 0.3 is 0 Å². The summed E-state index contributed by atoms with van der Waals surface area (Å²) in [5, 5.41) is 4.37. The Morgan fingerprint density at radius 2 is 2.19 bits per heavy atom. The number of hydrogen-bond acceptors (Lipinski definition) is 3. The van der Waals surface area contributed by atoms with E-state index in [1.54, 1.807) is 23.5 Å². The summed E-state index contributed by atoms with van der Waals surface area (Å²) in [5.74, 6) is -0.241. The predicted octanol–water partition coefficient (Wildman–Crippen LogP) is 4.94. The van der Waals surface area contributed by atoms with Gasteiger partial charge in [0.15, 0.2) is 0 Å². The molecule has 2 aromatic rings. The fourth-order valence-corrected chi connectivity index (χ4v) is 4.49. The molecule has 1 unspecified atom stereocenters. The summed E-state index contributed by atoms with van der Waals surface area (Å²) in [6, 6.07) is 5.45. The van der Waals surface area contributed by atoms with Crippen LogP contribution in [0.4, 0.5) is 4.39 Å². The zero-order valence-electron chi connectivity index (χ0n) is 12.3. The topological polar surface area (TPSA) is 24.9 Å². The van der Waals surface area contributed by atoms with Gasteiger partial charge in [-0.1, -0.05) is 13.8 Å². The monoisotopic (exact) mass is 368 g/mol. The number of benzene rings is 1. The molecule has 2 nitrogen and oxygen atoms in total. The minimum Gasteiger partial charge on any atom is -0.312 e. The first-order valence-electron chi connectivity index (χ1n) is 7.02. The van der Waals surface area contributed by atoms with E-state index in [-0.39, 0.29) is 11.2 Å². The number of hydrogen-bond donors (Lipinski definition) is 1. The van der Waals surface area contributed by atoms with E-state index in [9.17, 15) is 4.39 Å². The minimum absolute atomic E-state index is 0.241. The molecule has 1 aromatic carbocycles. The molecule has 0 amide bonds. The van der Waals surface area contributed by atoms with Crippen molar-refractivity contribution < 1.29 is 4.39 Å². The lowest BCUT2D eigenvalue weighted by molar-refractivity contribution is 0.265. The van der Waals surface area contributed by atoms with Crippen LogP contribution in [0, 0.1) is 11.2 Å². The Morgan fingerprint density at radius 1 is 1.43 bits per heavy atom. The third kappa shape index (κ3) is 2.91. The lowest BCUT2D eigenvalue weighted by Crippen LogP contribution is -2.30. The van der Waals surface area contributed by atoms with Gasteiger partial charge in [0.25, 0.3) is 0 Å². The zero-order valence-corrected chi connectivity index (χ0v) is 14.7. The molecule has 0 saturated heterocycles. The third-order valence-corrected chi connectivity index (χ3v) is 5.83. The molecule has 5 heteroatoms. The average molecular weight is 369 g/mol. The smallest absolute Gasteiger partial charge is 0.137 e. The van der Waals surface area contributed by atoms with Crippen molar-refractivity contribution in [2.75, 3.05) is 7.05 Å². The molecule has 1 N–H and O–H groups in total. The maximum Gasteiger partial charge on any atom is 0.137 e. The van der Waals surface area contributed by atoms with Crippen molar-refractivity contribution in [1.82, 2.24) is 10.3 Å². The highest BCUT2D eigenvalue weighted by molar-refractivity contribution is 9.10. The molecule has 3 rings (SSSR count). The van der Waals surface area contributed by atoms with Gasteiger partial charge in [0.1, 0.15) is 10.8 Å². The molecule has 0 fully saturated rings. The quantitative estimate of drug-likeness (QED) is 0.811. The van der Waals surface area contributed by atoms with Crippen LogP contribution in [0.5, 0.6) is 0 Å². The second-order valence-electron chi connectivity index (χ2n) is 6.35. The Balaban J connectivity index is 2.04. The lowest BCUT2D eigenvalue weighted by Gasteiger charge is -2.34. The van der Waals surface area contributed by atoms with Crippen molar-refractivity contribution >= 4 is 27.3 Å². The van der Waals surface area contributed by atoms with Gasteiger partial charge in [-0.3, -0.25) is 0 Å². The van der Waals surface area contributed by atoms with E-state index in [0.717, 1.165) is 23.4 Å². The molecule has 0 spiro atoms. The van der Waals surface area contributed by atoms with Crippen molar-refractivity contribution in [2.45, 2.75) is 32.7 Å². The summed E-state index contributed by atoms with van der Waals surface area (Å²) < 4.78 is 13.9. The van der Waals surface area contributed by atoms with Gasteiger partial charge in [0, 0.05) is 16.5 Å². The average Bonchev–Trinajstić information content (AvgIpc) is 2.83. The molecule has 1 aliphatic carbocycles. The Labute approximate surface area is 136 Å². The standard InChI is InChI=1S/C16H18BrFN2S/c1-16(2)7-12(19-3)14-13(8-16)20-15(21-14)9-4-5-11(18)10(17)6-9/h4-6,12,19H,7-8H2,1-3H3. The van der Waals surface area contributed by atoms with Crippen LogP contribution in [0.2, 0.25) is 0 Å². The lowest BCUT2D eigenvalue weighted by atomic mass is 9.76. The van der Waals surface area contributed by atoms with Crippen LogP contribution in [0.1, 0.15) is 36.9 Å². The van der Waals surface area contributed by atoms with E-state index in [1.165, 1.54) is 16.6 Å². The summed E-state index contributed by atoms with van der Waals surface area (Å²) in [7, 11) is 2.00. The number of rotatable bonds is 2. The van der Waals surface area contributed by atoms with Crippen LogP contribution in [0.3, 0.4) is 0 Å². The molecular formula is C16H18BrFN2S. The number of fused-ring (bicyclic) bond motifs is 1. The van der Waals surface area contributed by atoms with Gasteiger partial charge in [-0.2, -0.15) is 0 Å². The molecule has 0 bridgehead atoms. The SMILES string of the molecule is CNC1CC(C)(C)Cc2nc(-c3ccc(F)c(Br)c3)sc21. The summed E-state index contributed by atoms with van der Waals surface area (Å²) in [4.78, 5) is 6.15. The molecule has 1 aliphatic rings. The molecule has 0 radical (unpaired) electrons. The van der Waals surface area contributed by atoms with E-state index in [1.807, 2.05) is 7.05 Å². The normalized spacial score (nSPS) is 20.3. The molecule has 1 aromatic heterocycles. The molecule has 1 atom stereocenters. The third-order valence-electron chi connectivity index (χ3n) is 3.96. The maximum absolute atomic E-state index is 13.4. The maximum atomic E-state index is 13.4. The second kappa shape index (κ2) is 5.45. The van der Waals surface area contributed by atoms with Gasteiger partial charge < -0.3 is 5.32 Å². The van der Waals surface area contributed by atoms with Gasteiger partial charge in [-0.05, 0) is 59.4 Å². The van der Waals surface area contributed by atoms with E-state index in [4.69, 9.17) is 4.98 Å². The molecule has 0 aliphatic heterocycles. The summed E-state index contributed by atoms with van der Waals surface area (Å²) >= 11 is 4.97. The van der Waals surface area contributed by atoms with E-state index in [0.29, 0.717) is 10.5 Å². The fourth-order valence-electron chi connectivity index (χ4n) is 2.92. The van der Waals surface area contributed by atoms with Crippen molar-refractivity contribution in [3.63, 3.8) is 0 Å². The van der Waals surface area contributed by atoms with Crippen molar-refractivity contribution in [3.8, 4) is 10.6 Å². The Morgan fingerprint density at radius 3 is 2.86 bits per heavy atom. The van der Waals surface area contributed by atoms with Gasteiger partial charge in [0.05, 0.1) is 10.2 Å². The molecular weight excluding hydrogens is 351 g/mol. The highest BCUT2D eigenvalue weighted by atomic mass is 79.9. The molecule has 112 valence electrons. The Kier molecular flexibility index (Phi) is 3.93. The highest BCUT2D eigenvalue weighted by Crippen LogP contribution is 2.44. The first-order chi connectivity index (χ1) is 9.89. The van der Waals surface area contributed by atoms with E-state index in [2.05, 4.69) is 35.1 Å². The van der Waals surface area contributed by atoms with Gasteiger partial charge in [-0.15, -0.1) is 11.3 Å². The number of halogens is 2. The summed E-state index contributed by atoms with van der Waals surface area (Å²) in [6.45, 7) is 4.57. The van der Waals surface area contributed by atoms with Gasteiger partial charge in [-0.25, -0.2) is 9.37 Å². The van der Waals surface area contributed by atoms with Crippen molar-refractivity contribution in [1.29, 1.82) is 0 Å². The largest absolute Gasteiger partial charge is 0.312 e. The zero-order chi connectivity index (χ0) is 15.2. The van der Waals surface area contributed by atoms with Crippen LogP contribution in [-0.2, 0) is 6.42 Å². The Bertz CT molecular complexity index is 681. The summed E-state index contributed by atoms with van der Waals surface area (Å²) in [5.41, 5.74) is 2.41. The van der Waals surface area contributed by atoms with Crippen LogP contribution in [-0.4, -0.2) is 12.0 Å². The van der Waals surface area contributed by atoms with Crippen LogP contribution >= 0.6 is 27.3 Å². The van der Waals surface area contributed by atoms with Gasteiger partial charge in [0.2, 0.25) is 0 Å². The van der Waals surface area contributed by atoms with Crippen LogP contribution < -0.4 is 5.32 Å². The van der Waals surface area contributed by atoms with E-state index >= 15 is 0 Å². The van der Waals surface area contributed by atoms with Crippen molar-refractivity contribution in [2.24, 2.45) is 5.41 Å². The number of nitrogens with one attached hydrogen (secondary N) is 1. The van der Waals surface area contributed by atoms with Crippen molar-refractivity contribution in [3.05, 3.63) is 39.1 Å². The molecule has 1 heterocycles. The predicted molar refractivity (Wildman–Crippen MR) is 89.1 cm³/mol. The number of aromatic nitrogens is 1. The second-order valence-corrected chi connectivity index (χ2v) is 8.23. The fraction of sp³-hybridized carbons (Fsp3) is 0.438. The molecule has 0 saturated carbocycles. The molecule has 21 heavy (non-hydrogen) atoms.